The molecule has 1 aromatic rings. The summed E-state index contributed by atoms with van der Waals surface area (Å²) in [4.78, 5) is 4.43. The van der Waals surface area contributed by atoms with Gasteiger partial charge in [0.25, 0.3) is 0 Å². The average molecular weight is 249 g/mol. The molecule has 0 unspecified atom stereocenters. The monoisotopic (exact) mass is 249 g/mol. The second-order valence-corrected chi connectivity index (χ2v) is 6.42. The van der Waals surface area contributed by atoms with Gasteiger partial charge in [0, 0.05) is 25.0 Å². The van der Waals surface area contributed by atoms with Crippen LogP contribution in [0.2, 0.25) is 0 Å². The van der Waals surface area contributed by atoms with E-state index in [4.69, 9.17) is 0 Å². The Morgan fingerprint density at radius 3 is 2.83 bits per heavy atom. The quantitative estimate of drug-likeness (QED) is 0.704. The van der Waals surface area contributed by atoms with Gasteiger partial charge in [-0.05, 0) is 24.7 Å². The predicted octanol–water partition coefficient (Wildman–Crippen LogP) is 4.06. The minimum atomic E-state index is 0.357. The molecule has 1 saturated carbocycles. The smallest absolute Gasteiger partial charge is 0.203 e. The number of anilines is 1. The first-order valence-corrected chi connectivity index (χ1v) is 7.38. The highest BCUT2D eigenvalue weighted by molar-refractivity contribution is 5.29. The number of hydrogen-bond donors (Lipinski definition) is 1. The molecule has 0 bridgehead atoms. The number of aromatic nitrogens is 2. The minimum Gasteiger partial charge on any atom is -0.353 e. The van der Waals surface area contributed by atoms with E-state index in [1.807, 2.05) is 6.20 Å². The summed E-state index contributed by atoms with van der Waals surface area (Å²) in [5.74, 6) is 1.06. The van der Waals surface area contributed by atoms with E-state index in [-0.39, 0.29) is 0 Å². The number of nitrogens with one attached hydrogen (secondary N) is 1. The van der Waals surface area contributed by atoms with Gasteiger partial charge in [0.2, 0.25) is 5.95 Å². The molecule has 102 valence electrons. The van der Waals surface area contributed by atoms with E-state index in [2.05, 4.69) is 41.8 Å². The Kier molecular flexibility index (Phi) is 4.31. The van der Waals surface area contributed by atoms with E-state index >= 15 is 0 Å². The second-order valence-electron chi connectivity index (χ2n) is 6.42. The van der Waals surface area contributed by atoms with Crippen LogP contribution in [0, 0.1) is 5.41 Å². The van der Waals surface area contributed by atoms with Crippen LogP contribution in [-0.2, 0) is 6.54 Å². The Morgan fingerprint density at radius 1 is 1.39 bits per heavy atom. The Bertz CT molecular complexity index is 364. The topological polar surface area (TPSA) is 29.9 Å². The van der Waals surface area contributed by atoms with Gasteiger partial charge in [-0.25, -0.2) is 4.98 Å². The third-order valence-electron chi connectivity index (χ3n) is 3.68. The van der Waals surface area contributed by atoms with Gasteiger partial charge < -0.3 is 9.88 Å². The third kappa shape index (κ3) is 4.04. The van der Waals surface area contributed by atoms with Crippen LogP contribution in [0.15, 0.2) is 12.4 Å². The van der Waals surface area contributed by atoms with Crippen LogP contribution in [0.5, 0.6) is 0 Å². The average Bonchev–Trinajstić information content (AvgIpc) is 3.01. The Labute approximate surface area is 111 Å². The molecular weight excluding hydrogens is 222 g/mol. The molecule has 1 aliphatic rings. The van der Waals surface area contributed by atoms with Crippen molar-refractivity contribution in [1.82, 2.24) is 9.55 Å². The summed E-state index contributed by atoms with van der Waals surface area (Å²) in [5.41, 5.74) is 0.357. The molecular formula is C15H27N3. The predicted molar refractivity (Wildman–Crippen MR) is 76.8 cm³/mol. The van der Waals surface area contributed by atoms with Crippen LogP contribution in [0.25, 0.3) is 0 Å². The lowest BCUT2D eigenvalue weighted by molar-refractivity contribution is 0.273. The van der Waals surface area contributed by atoms with Gasteiger partial charge >= 0.3 is 0 Å². The molecule has 1 aromatic heterocycles. The fourth-order valence-electron chi connectivity index (χ4n) is 2.38. The maximum Gasteiger partial charge on any atom is 0.203 e. The molecule has 3 heteroatoms. The molecule has 3 nitrogen and oxygen atoms in total. The second kappa shape index (κ2) is 5.77. The van der Waals surface area contributed by atoms with Crippen molar-refractivity contribution in [1.29, 1.82) is 0 Å². The summed E-state index contributed by atoms with van der Waals surface area (Å²) in [6.45, 7) is 8.05. The maximum atomic E-state index is 4.43. The number of unbranched alkanes of at least 4 members (excludes halogenated alkanes) is 2. The Balaban J connectivity index is 1.88. The zero-order valence-electron chi connectivity index (χ0n) is 12.1. The van der Waals surface area contributed by atoms with Gasteiger partial charge in [0.05, 0.1) is 0 Å². The largest absolute Gasteiger partial charge is 0.353 e. The van der Waals surface area contributed by atoms with Crippen molar-refractivity contribution in [2.45, 2.75) is 71.9 Å². The zero-order chi connectivity index (χ0) is 13.0. The van der Waals surface area contributed by atoms with E-state index in [0.717, 1.165) is 12.5 Å². The van der Waals surface area contributed by atoms with Crippen LogP contribution in [0.1, 0.15) is 59.3 Å². The van der Waals surface area contributed by atoms with Crippen molar-refractivity contribution >= 4 is 5.95 Å². The number of imidazole rings is 1. The Morgan fingerprint density at radius 2 is 2.17 bits per heavy atom. The molecule has 0 aliphatic heterocycles. The highest BCUT2D eigenvalue weighted by atomic mass is 15.2. The van der Waals surface area contributed by atoms with E-state index in [1.54, 1.807) is 0 Å². The molecule has 1 N–H and O–H groups in total. The van der Waals surface area contributed by atoms with Gasteiger partial charge in [-0.2, -0.15) is 0 Å². The summed E-state index contributed by atoms with van der Waals surface area (Å²) in [5, 5.41) is 3.51. The van der Waals surface area contributed by atoms with Crippen molar-refractivity contribution in [2.24, 2.45) is 5.41 Å². The zero-order valence-corrected chi connectivity index (χ0v) is 12.1. The fraction of sp³-hybridized carbons (Fsp3) is 0.800. The van der Waals surface area contributed by atoms with Crippen LogP contribution < -0.4 is 5.32 Å². The molecule has 0 saturated heterocycles. The van der Waals surface area contributed by atoms with Crippen LogP contribution >= 0.6 is 0 Å². The van der Waals surface area contributed by atoms with E-state index in [0.29, 0.717) is 11.5 Å². The molecule has 0 amide bonds. The highest BCUT2D eigenvalue weighted by Crippen LogP contribution is 2.29. The molecule has 0 spiro atoms. The standard InChI is InChI=1S/C15H27N3/c1-4-5-6-9-15(2,3)12-18-11-10-16-14(18)17-13-7-8-13/h10-11,13H,4-9,12H2,1-3H3,(H,16,17). The normalized spacial score (nSPS) is 15.9. The molecule has 18 heavy (non-hydrogen) atoms. The van der Waals surface area contributed by atoms with Gasteiger partial charge in [-0.3, -0.25) is 0 Å². The third-order valence-corrected chi connectivity index (χ3v) is 3.68. The molecule has 2 rings (SSSR count). The van der Waals surface area contributed by atoms with E-state index < -0.39 is 0 Å². The summed E-state index contributed by atoms with van der Waals surface area (Å²) >= 11 is 0. The lowest BCUT2D eigenvalue weighted by Gasteiger charge is -2.26. The first-order valence-electron chi connectivity index (χ1n) is 7.38. The highest BCUT2D eigenvalue weighted by Gasteiger charge is 2.24. The Hall–Kier alpha value is -0.990. The molecule has 1 fully saturated rings. The maximum absolute atomic E-state index is 4.43. The van der Waals surface area contributed by atoms with Gasteiger partial charge in [-0.15, -0.1) is 0 Å². The number of hydrogen-bond acceptors (Lipinski definition) is 2. The first kappa shape index (κ1) is 13.4. The van der Waals surface area contributed by atoms with E-state index in [1.165, 1.54) is 38.5 Å². The number of rotatable bonds is 8. The molecule has 1 heterocycles. The van der Waals surface area contributed by atoms with Crippen LogP contribution in [0.4, 0.5) is 5.95 Å². The van der Waals surface area contributed by atoms with E-state index in [9.17, 15) is 0 Å². The van der Waals surface area contributed by atoms with Gasteiger partial charge in [0.15, 0.2) is 0 Å². The van der Waals surface area contributed by atoms with Crippen molar-refractivity contribution in [2.75, 3.05) is 5.32 Å². The summed E-state index contributed by atoms with van der Waals surface area (Å²) in [6.07, 6.45) is 11.9. The fourth-order valence-corrected chi connectivity index (χ4v) is 2.38. The molecule has 1 aliphatic carbocycles. The minimum absolute atomic E-state index is 0.357. The van der Waals surface area contributed by atoms with Gasteiger partial charge in [0.1, 0.15) is 0 Å². The van der Waals surface area contributed by atoms with Crippen LogP contribution in [0.3, 0.4) is 0 Å². The van der Waals surface area contributed by atoms with Crippen molar-refractivity contribution in [3.63, 3.8) is 0 Å². The molecule has 0 radical (unpaired) electrons. The lowest BCUT2D eigenvalue weighted by Crippen LogP contribution is -2.21. The van der Waals surface area contributed by atoms with Crippen molar-refractivity contribution < 1.29 is 0 Å². The van der Waals surface area contributed by atoms with Crippen LogP contribution in [-0.4, -0.2) is 15.6 Å². The SMILES string of the molecule is CCCCCC(C)(C)Cn1ccnc1NC1CC1. The molecule has 0 aromatic carbocycles. The van der Waals surface area contributed by atoms with Crippen molar-refractivity contribution in [3.8, 4) is 0 Å². The first-order chi connectivity index (χ1) is 8.61. The van der Waals surface area contributed by atoms with Gasteiger partial charge in [-0.1, -0.05) is 40.0 Å². The summed E-state index contributed by atoms with van der Waals surface area (Å²) in [6, 6.07) is 0.675. The van der Waals surface area contributed by atoms with Crippen molar-refractivity contribution in [3.05, 3.63) is 12.4 Å². The number of nitrogens with zero attached hydrogens (tertiary/aromatic N) is 2. The molecule has 0 atom stereocenters. The summed E-state index contributed by atoms with van der Waals surface area (Å²) < 4.78 is 2.28. The summed E-state index contributed by atoms with van der Waals surface area (Å²) in [7, 11) is 0. The lowest BCUT2D eigenvalue weighted by atomic mass is 9.87.